The van der Waals surface area contributed by atoms with E-state index < -0.39 is 20.8 Å². The third-order valence-corrected chi connectivity index (χ3v) is 4.35. The number of ketones is 1. The molecule has 19 heavy (non-hydrogen) atoms. The minimum absolute atomic E-state index is 0. The minimum Gasteiger partial charge on any atom is -0.363 e. The summed E-state index contributed by atoms with van der Waals surface area (Å²) in [7, 11) is -4.96. The van der Waals surface area contributed by atoms with Crippen LogP contribution in [0.3, 0.4) is 0 Å². The Labute approximate surface area is 131 Å². The van der Waals surface area contributed by atoms with Crippen LogP contribution in [0.1, 0.15) is 15.9 Å². The molecule has 0 bridgehead atoms. The second-order valence-electron chi connectivity index (χ2n) is 4.16. The molecule has 5 nitrogen and oxygen atoms in total. The number of carbonyl (C=O) groups is 1. The molecule has 92 valence electrons. The van der Waals surface area contributed by atoms with E-state index in [0.717, 1.165) is 0 Å². The Hall–Kier alpha value is -0.760. The fourth-order valence-corrected chi connectivity index (χ4v) is 3.17. The van der Waals surface area contributed by atoms with Gasteiger partial charge in [-0.15, -0.1) is 0 Å². The van der Waals surface area contributed by atoms with Gasteiger partial charge >= 0.3 is 39.7 Å². The number of aliphatic hydroxyl groups is 1. The van der Waals surface area contributed by atoms with E-state index in [9.17, 15) is 22.9 Å². The van der Waals surface area contributed by atoms with Crippen molar-refractivity contribution in [2.45, 2.75) is 4.93 Å². The average Bonchev–Trinajstić information content (AvgIpc) is 2.55. The minimum atomic E-state index is -4.96. The van der Waals surface area contributed by atoms with Gasteiger partial charge in [0.05, 0.1) is 0 Å². The van der Waals surface area contributed by atoms with E-state index in [2.05, 4.69) is 0 Å². The number of hydrogen-bond acceptors (Lipinski definition) is 4. The molecule has 0 saturated heterocycles. The average molecular weight is 287 g/mol. The van der Waals surface area contributed by atoms with Crippen LogP contribution in [0.5, 0.6) is 0 Å². The van der Waals surface area contributed by atoms with Gasteiger partial charge in [0.15, 0.2) is 0 Å². The van der Waals surface area contributed by atoms with E-state index in [-0.39, 0.29) is 40.7 Å². The Morgan fingerprint density at radius 3 is 2.21 bits per heavy atom. The molecule has 0 fully saturated rings. The first-order valence-electron chi connectivity index (χ1n) is 5.14. The Kier molecular flexibility index (Phi) is 3.37. The quantitative estimate of drug-likeness (QED) is 0.471. The van der Waals surface area contributed by atoms with E-state index >= 15 is 0 Å². The number of rotatable bonds is 1. The third-order valence-electron chi connectivity index (χ3n) is 3.20. The number of Topliss-reactive ketones (excluding diaryl/α,β-unsaturated/α-hetero) is 1. The molecule has 0 amide bonds. The van der Waals surface area contributed by atoms with Crippen molar-refractivity contribution in [1.82, 2.24) is 0 Å². The number of benzene rings is 2. The van der Waals surface area contributed by atoms with Crippen molar-refractivity contribution in [3.8, 4) is 0 Å². The molecule has 1 unspecified atom stereocenters. The van der Waals surface area contributed by atoms with Crippen LogP contribution in [-0.2, 0) is 15.1 Å². The van der Waals surface area contributed by atoms with Gasteiger partial charge in [0.1, 0.15) is 0 Å². The first-order valence-corrected chi connectivity index (χ1v) is 6.58. The van der Waals surface area contributed by atoms with Gasteiger partial charge in [0.2, 0.25) is 5.78 Å². The molecule has 0 aliphatic heterocycles. The Balaban J connectivity index is 0.00000133. The molecule has 2 aromatic carbocycles. The van der Waals surface area contributed by atoms with Crippen molar-refractivity contribution in [3.05, 3.63) is 47.5 Å². The summed E-state index contributed by atoms with van der Waals surface area (Å²) in [6.45, 7) is 0. The summed E-state index contributed by atoms with van der Waals surface area (Å²) >= 11 is 0. The van der Waals surface area contributed by atoms with Crippen LogP contribution >= 0.6 is 0 Å². The maximum absolute atomic E-state index is 12.1. The molecular formula is C12H8NaO5S+. The van der Waals surface area contributed by atoms with Crippen molar-refractivity contribution >= 4 is 26.7 Å². The summed E-state index contributed by atoms with van der Waals surface area (Å²) in [4.78, 5) is 9.16. The monoisotopic (exact) mass is 287 g/mol. The van der Waals surface area contributed by atoms with Crippen LogP contribution in [0.2, 0.25) is 0 Å². The standard InChI is InChI=1S/C12H8O5S.Na/c13-11-8-5-1-3-7-4-2-6-9(10(7)8)12(11,14)18(15,16)17;/h1-6,14H,(H,15,16,17);/q;+1. The van der Waals surface area contributed by atoms with Crippen LogP contribution in [0.25, 0.3) is 10.8 Å². The molecule has 1 aliphatic rings. The van der Waals surface area contributed by atoms with E-state index in [4.69, 9.17) is 0 Å². The zero-order valence-electron chi connectivity index (χ0n) is 9.99. The molecular weight excluding hydrogens is 279 g/mol. The molecule has 0 radical (unpaired) electrons. The zero-order valence-corrected chi connectivity index (χ0v) is 12.8. The second kappa shape index (κ2) is 4.37. The smallest absolute Gasteiger partial charge is 0.363 e. The zero-order chi connectivity index (χ0) is 13.1. The molecule has 2 aromatic rings. The van der Waals surface area contributed by atoms with Crippen molar-refractivity contribution < 1.29 is 52.4 Å². The van der Waals surface area contributed by atoms with Crippen LogP contribution in [-0.4, -0.2) is 23.9 Å². The Morgan fingerprint density at radius 1 is 1.05 bits per heavy atom. The molecule has 7 heteroatoms. The topological polar surface area (TPSA) is 91.7 Å². The van der Waals surface area contributed by atoms with E-state index in [1.54, 1.807) is 18.2 Å². The summed E-state index contributed by atoms with van der Waals surface area (Å²) in [6, 6.07) is 9.27. The molecule has 0 aromatic heterocycles. The molecule has 1 atom stereocenters. The maximum Gasteiger partial charge on any atom is 1.00 e. The maximum atomic E-state index is 12.1. The van der Waals surface area contributed by atoms with Crippen molar-refractivity contribution in [1.29, 1.82) is 0 Å². The predicted molar refractivity (Wildman–Crippen MR) is 63.7 cm³/mol. The SMILES string of the molecule is O=C1c2cccc3cccc(c23)C1(O)S(=O)(=O)O.[Na+]. The largest absolute Gasteiger partial charge is 1.00 e. The van der Waals surface area contributed by atoms with Gasteiger partial charge in [0, 0.05) is 16.5 Å². The summed E-state index contributed by atoms with van der Waals surface area (Å²) in [5, 5.41) is 11.1. The van der Waals surface area contributed by atoms with Gasteiger partial charge in [-0.05, 0) is 5.39 Å². The molecule has 1 aliphatic carbocycles. The summed E-state index contributed by atoms with van der Waals surface area (Å²) < 4.78 is 31.9. The molecule has 0 spiro atoms. The van der Waals surface area contributed by atoms with E-state index in [0.29, 0.717) is 10.8 Å². The fraction of sp³-hybridized carbons (Fsp3) is 0.0833. The summed E-state index contributed by atoms with van der Waals surface area (Å²) in [6.07, 6.45) is 0. The van der Waals surface area contributed by atoms with Gasteiger partial charge < -0.3 is 5.11 Å². The second-order valence-corrected chi connectivity index (χ2v) is 5.70. The summed E-state index contributed by atoms with van der Waals surface area (Å²) in [5.41, 5.74) is 0.00586. The molecule has 2 N–H and O–H groups in total. The van der Waals surface area contributed by atoms with Gasteiger partial charge in [-0.1, -0.05) is 36.4 Å². The third kappa shape index (κ3) is 1.72. The summed E-state index contributed by atoms with van der Waals surface area (Å²) in [5.74, 6) is -1.02. The van der Waals surface area contributed by atoms with Crippen molar-refractivity contribution in [2.75, 3.05) is 0 Å². The normalized spacial score (nSPS) is 21.5. The Bertz CT molecular complexity index is 794. The number of hydrogen-bond donors (Lipinski definition) is 2. The van der Waals surface area contributed by atoms with Crippen LogP contribution in [0.15, 0.2) is 36.4 Å². The fourth-order valence-electron chi connectivity index (χ4n) is 2.37. The van der Waals surface area contributed by atoms with Gasteiger partial charge in [0.25, 0.3) is 4.93 Å². The predicted octanol–water partition coefficient (Wildman–Crippen LogP) is -1.93. The molecule has 0 saturated carbocycles. The molecule has 3 rings (SSSR count). The van der Waals surface area contributed by atoms with E-state index in [1.165, 1.54) is 18.2 Å². The number of carbonyl (C=O) groups excluding carboxylic acids is 1. The first-order chi connectivity index (χ1) is 8.37. The van der Waals surface area contributed by atoms with Crippen LogP contribution < -0.4 is 29.6 Å². The van der Waals surface area contributed by atoms with Crippen LogP contribution in [0, 0.1) is 0 Å². The van der Waals surface area contributed by atoms with Gasteiger partial charge in [-0.25, -0.2) is 0 Å². The van der Waals surface area contributed by atoms with E-state index in [1.807, 2.05) is 0 Å². The van der Waals surface area contributed by atoms with Gasteiger partial charge in [-0.2, -0.15) is 8.42 Å². The van der Waals surface area contributed by atoms with Crippen LogP contribution in [0.4, 0.5) is 0 Å². The Morgan fingerprint density at radius 2 is 1.63 bits per heavy atom. The molecule has 0 heterocycles. The first kappa shape index (κ1) is 14.6. The van der Waals surface area contributed by atoms with Gasteiger partial charge in [-0.3, -0.25) is 9.35 Å². The van der Waals surface area contributed by atoms with Crippen molar-refractivity contribution in [2.24, 2.45) is 0 Å². The van der Waals surface area contributed by atoms with Crippen molar-refractivity contribution in [3.63, 3.8) is 0 Å².